The van der Waals surface area contributed by atoms with Crippen molar-refractivity contribution in [3.05, 3.63) is 65.7 Å². The minimum atomic E-state index is -3.95. The summed E-state index contributed by atoms with van der Waals surface area (Å²) < 4.78 is 51.5. The molecule has 0 unspecified atom stereocenters. The largest absolute Gasteiger partial charge is 0.243 e. The SMILES string of the molecule is N#Cc1cccc(S(=O)(=O)N(Cc2ccccc2)[C@H]2CCS(=O)(=O)C2)c1. The molecule has 1 heterocycles. The molecule has 1 fully saturated rings. The zero-order valence-electron chi connectivity index (χ0n) is 13.9. The van der Waals surface area contributed by atoms with Gasteiger partial charge in [0, 0.05) is 12.6 Å². The molecular formula is C18H18N2O4S2. The van der Waals surface area contributed by atoms with E-state index in [1.54, 1.807) is 12.1 Å². The maximum Gasteiger partial charge on any atom is 0.243 e. The fraction of sp³-hybridized carbons (Fsp3) is 0.278. The molecule has 8 heteroatoms. The van der Waals surface area contributed by atoms with E-state index < -0.39 is 25.9 Å². The highest BCUT2D eigenvalue weighted by Crippen LogP contribution is 2.27. The van der Waals surface area contributed by atoms with E-state index in [1.165, 1.54) is 28.6 Å². The maximum absolute atomic E-state index is 13.2. The Labute approximate surface area is 153 Å². The molecule has 2 aromatic rings. The van der Waals surface area contributed by atoms with Crippen molar-refractivity contribution in [1.82, 2.24) is 4.31 Å². The van der Waals surface area contributed by atoms with Gasteiger partial charge in [-0.05, 0) is 30.2 Å². The number of sulfonamides is 1. The molecule has 3 rings (SSSR count). The van der Waals surface area contributed by atoms with E-state index in [4.69, 9.17) is 5.26 Å². The molecule has 26 heavy (non-hydrogen) atoms. The van der Waals surface area contributed by atoms with Gasteiger partial charge in [0.15, 0.2) is 9.84 Å². The molecule has 1 saturated heterocycles. The van der Waals surface area contributed by atoms with Crippen molar-refractivity contribution in [3.63, 3.8) is 0 Å². The zero-order valence-corrected chi connectivity index (χ0v) is 15.6. The van der Waals surface area contributed by atoms with Gasteiger partial charge in [-0.2, -0.15) is 9.57 Å². The molecule has 0 bridgehead atoms. The van der Waals surface area contributed by atoms with Gasteiger partial charge in [-0.1, -0.05) is 36.4 Å². The van der Waals surface area contributed by atoms with E-state index in [0.717, 1.165) is 5.56 Å². The van der Waals surface area contributed by atoms with Gasteiger partial charge in [0.1, 0.15) is 0 Å². The number of benzene rings is 2. The van der Waals surface area contributed by atoms with Crippen LogP contribution in [0, 0.1) is 11.3 Å². The number of nitrogens with zero attached hydrogens (tertiary/aromatic N) is 2. The number of hydrogen-bond acceptors (Lipinski definition) is 5. The van der Waals surface area contributed by atoms with Crippen LogP contribution in [0.5, 0.6) is 0 Å². The van der Waals surface area contributed by atoms with Crippen molar-refractivity contribution < 1.29 is 16.8 Å². The molecular weight excluding hydrogens is 372 g/mol. The molecule has 0 spiro atoms. The van der Waals surface area contributed by atoms with Crippen molar-refractivity contribution in [1.29, 1.82) is 5.26 Å². The lowest BCUT2D eigenvalue weighted by Gasteiger charge is -2.27. The van der Waals surface area contributed by atoms with Crippen LogP contribution in [-0.4, -0.2) is 38.7 Å². The highest BCUT2D eigenvalue weighted by Gasteiger charge is 2.38. The Morgan fingerprint density at radius 3 is 2.46 bits per heavy atom. The fourth-order valence-corrected chi connectivity index (χ4v) is 6.55. The molecule has 1 aliphatic rings. The van der Waals surface area contributed by atoms with Gasteiger partial charge in [-0.15, -0.1) is 0 Å². The average Bonchev–Trinajstić information content (AvgIpc) is 3.00. The van der Waals surface area contributed by atoms with E-state index >= 15 is 0 Å². The van der Waals surface area contributed by atoms with Crippen LogP contribution in [0.15, 0.2) is 59.5 Å². The van der Waals surface area contributed by atoms with E-state index in [0.29, 0.717) is 0 Å². The van der Waals surface area contributed by atoms with Gasteiger partial charge >= 0.3 is 0 Å². The van der Waals surface area contributed by atoms with Crippen molar-refractivity contribution in [3.8, 4) is 6.07 Å². The number of hydrogen-bond donors (Lipinski definition) is 0. The van der Waals surface area contributed by atoms with E-state index in [9.17, 15) is 16.8 Å². The van der Waals surface area contributed by atoms with Crippen LogP contribution in [0.25, 0.3) is 0 Å². The molecule has 1 aliphatic heterocycles. The first-order chi connectivity index (χ1) is 12.3. The number of sulfone groups is 1. The predicted molar refractivity (Wildman–Crippen MR) is 97.4 cm³/mol. The van der Waals surface area contributed by atoms with Gasteiger partial charge in [0.25, 0.3) is 0 Å². The maximum atomic E-state index is 13.2. The van der Waals surface area contributed by atoms with Crippen LogP contribution in [0.4, 0.5) is 0 Å². The third-order valence-electron chi connectivity index (χ3n) is 4.37. The van der Waals surface area contributed by atoms with E-state index in [1.807, 2.05) is 24.3 Å². The Morgan fingerprint density at radius 1 is 1.12 bits per heavy atom. The molecule has 6 nitrogen and oxygen atoms in total. The first-order valence-corrected chi connectivity index (χ1v) is 11.3. The van der Waals surface area contributed by atoms with Crippen molar-refractivity contribution >= 4 is 19.9 Å². The molecule has 0 radical (unpaired) electrons. The molecule has 0 amide bonds. The summed E-state index contributed by atoms with van der Waals surface area (Å²) in [7, 11) is -7.19. The average molecular weight is 390 g/mol. The van der Waals surface area contributed by atoms with Crippen LogP contribution in [0.2, 0.25) is 0 Å². The lowest BCUT2D eigenvalue weighted by atomic mass is 10.2. The monoisotopic (exact) mass is 390 g/mol. The van der Waals surface area contributed by atoms with Crippen LogP contribution < -0.4 is 0 Å². The molecule has 0 aromatic heterocycles. The van der Waals surface area contributed by atoms with Gasteiger partial charge < -0.3 is 0 Å². The minimum absolute atomic E-state index is 0.00298. The highest BCUT2D eigenvalue weighted by molar-refractivity contribution is 7.92. The molecule has 0 N–H and O–H groups in total. The summed E-state index contributed by atoms with van der Waals surface area (Å²) in [6.45, 7) is 0.0835. The molecule has 1 atom stereocenters. The smallest absolute Gasteiger partial charge is 0.229 e. The van der Waals surface area contributed by atoms with Crippen molar-refractivity contribution in [2.24, 2.45) is 0 Å². The van der Waals surface area contributed by atoms with Crippen LogP contribution >= 0.6 is 0 Å². The second-order valence-corrected chi connectivity index (χ2v) is 10.4. The lowest BCUT2D eigenvalue weighted by molar-refractivity contribution is 0.334. The third-order valence-corrected chi connectivity index (χ3v) is 8.01. The second kappa shape index (κ2) is 7.19. The lowest BCUT2D eigenvalue weighted by Crippen LogP contribution is -2.40. The van der Waals surface area contributed by atoms with Gasteiger partial charge in [-0.25, -0.2) is 16.8 Å². The van der Waals surface area contributed by atoms with Crippen LogP contribution in [0.1, 0.15) is 17.5 Å². The quantitative estimate of drug-likeness (QED) is 0.777. The van der Waals surface area contributed by atoms with Crippen molar-refractivity contribution in [2.45, 2.75) is 23.9 Å². The summed E-state index contributed by atoms with van der Waals surface area (Å²) in [5, 5.41) is 9.04. The standard InChI is InChI=1S/C18H18N2O4S2/c19-12-16-7-4-8-18(11-16)26(23,24)20(13-15-5-2-1-3-6-15)17-9-10-25(21,22)14-17/h1-8,11,17H,9-10,13-14H2/t17-/m0/s1. The van der Waals surface area contributed by atoms with Crippen LogP contribution in [0.3, 0.4) is 0 Å². The Bertz CT molecular complexity index is 1040. The molecule has 0 saturated carbocycles. The van der Waals surface area contributed by atoms with Crippen LogP contribution in [-0.2, 0) is 26.4 Å². The third kappa shape index (κ3) is 3.96. The van der Waals surface area contributed by atoms with E-state index in [-0.39, 0.29) is 34.9 Å². The topological polar surface area (TPSA) is 95.3 Å². The minimum Gasteiger partial charge on any atom is -0.229 e. The summed E-state index contributed by atoms with van der Waals surface area (Å²) >= 11 is 0. The van der Waals surface area contributed by atoms with E-state index in [2.05, 4.69) is 0 Å². The Morgan fingerprint density at radius 2 is 1.85 bits per heavy atom. The summed E-state index contributed by atoms with van der Waals surface area (Å²) in [4.78, 5) is -0.00298. The fourth-order valence-electron chi connectivity index (χ4n) is 3.04. The number of nitriles is 1. The first kappa shape index (κ1) is 18.6. The molecule has 2 aromatic carbocycles. The Balaban J connectivity index is 2.02. The predicted octanol–water partition coefficient (Wildman–Crippen LogP) is 1.94. The molecule has 136 valence electrons. The summed E-state index contributed by atoms with van der Waals surface area (Å²) in [5.74, 6) is -0.201. The first-order valence-electron chi connectivity index (χ1n) is 8.08. The summed E-state index contributed by atoms with van der Waals surface area (Å²) in [6, 6.07) is 16.2. The highest BCUT2D eigenvalue weighted by atomic mass is 32.2. The summed E-state index contributed by atoms with van der Waals surface area (Å²) in [6.07, 6.45) is 0.270. The van der Waals surface area contributed by atoms with Crippen molar-refractivity contribution in [2.75, 3.05) is 11.5 Å². The zero-order chi connectivity index (χ0) is 18.8. The Hall–Kier alpha value is -2.21. The van der Waals surface area contributed by atoms with Gasteiger partial charge in [0.2, 0.25) is 10.0 Å². The van der Waals surface area contributed by atoms with Gasteiger partial charge in [-0.3, -0.25) is 0 Å². The summed E-state index contributed by atoms with van der Waals surface area (Å²) in [5.41, 5.74) is 1.02. The second-order valence-electron chi connectivity index (χ2n) is 6.23. The number of rotatable bonds is 5. The van der Waals surface area contributed by atoms with Gasteiger partial charge in [0.05, 0.1) is 28.0 Å². The normalized spacial score (nSPS) is 19.3. The molecule has 0 aliphatic carbocycles. The Kier molecular flexibility index (Phi) is 5.14.